The number of nitrogens with zero attached hydrogens (tertiary/aromatic N) is 3. The van der Waals surface area contributed by atoms with E-state index in [4.69, 9.17) is 0 Å². The van der Waals surface area contributed by atoms with Crippen molar-refractivity contribution in [3.63, 3.8) is 0 Å². The zero-order valence-corrected chi connectivity index (χ0v) is 13.8. The summed E-state index contributed by atoms with van der Waals surface area (Å²) >= 11 is 0. The molecule has 22 heavy (non-hydrogen) atoms. The minimum absolute atomic E-state index is 0.0728. The molecule has 2 aliphatic heterocycles. The van der Waals surface area contributed by atoms with Gasteiger partial charge in [-0.15, -0.1) is 0 Å². The van der Waals surface area contributed by atoms with E-state index >= 15 is 0 Å². The molecule has 1 aromatic carbocycles. The molecule has 1 fully saturated rings. The summed E-state index contributed by atoms with van der Waals surface area (Å²) in [6, 6.07) is 8.03. The first-order valence-electron chi connectivity index (χ1n) is 8.18. The maximum absolute atomic E-state index is 12.8. The van der Waals surface area contributed by atoms with E-state index in [1.165, 1.54) is 18.4 Å². The maximum Gasteiger partial charge on any atom is 0.260 e. The Morgan fingerprint density at radius 1 is 1.05 bits per heavy atom. The number of carbonyl (C=O) groups excluding carboxylic acids is 1. The molecule has 0 N–H and O–H groups in total. The van der Waals surface area contributed by atoms with Crippen LogP contribution in [0.4, 0.5) is 0 Å². The molecule has 4 nitrogen and oxygen atoms in total. The van der Waals surface area contributed by atoms with Crippen LogP contribution in [0.15, 0.2) is 29.3 Å². The normalized spacial score (nSPS) is 18.8. The predicted molar refractivity (Wildman–Crippen MR) is 89.3 cm³/mol. The highest BCUT2D eigenvalue weighted by Gasteiger charge is 2.30. The van der Waals surface area contributed by atoms with Crippen LogP contribution in [0, 0.1) is 0 Å². The second-order valence-corrected chi connectivity index (χ2v) is 7.16. The second-order valence-electron chi connectivity index (χ2n) is 7.16. The average Bonchev–Trinajstić information content (AvgIpc) is 3.16. The van der Waals surface area contributed by atoms with Crippen molar-refractivity contribution >= 4 is 11.9 Å². The summed E-state index contributed by atoms with van der Waals surface area (Å²) in [6.45, 7) is 10.0. The van der Waals surface area contributed by atoms with Crippen LogP contribution in [-0.4, -0.2) is 47.8 Å². The van der Waals surface area contributed by atoms with Crippen LogP contribution in [0.1, 0.15) is 49.5 Å². The van der Waals surface area contributed by atoms with E-state index in [0.717, 1.165) is 31.2 Å². The van der Waals surface area contributed by atoms with Gasteiger partial charge in [-0.2, -0.15) is 0 Å². The van der Waals surface area contributed by atoms with Crippen molar-refractivity contribution < 1.29 is 4.79 Å². The molecule has 0 aromatic heterocycles. The van der Waals surface area contributed by atoms with Crippen molar-refractivity contribution in [2.75, 3.05) is 26.2 Å². The minimum atomic E-state index is 0.0728. The number of rotatable bonds is 1. The van der Waals surface area contributed by atoms with Crippen LogP contribution < -0.4 is 0 Å². The van der Waals surface area contributed by atoms with Crippen LogP contribution in [-0.2, 0) is 5.41 Å². The van der Waals surface area contributed by atoms with Crippen molar-refractivity contribution in [2.24, 2.45) is 4.99 Å². The van der Waals surface area contributed by atoms with E-state index in [2.05, 4.69) is 42.8 Å². The van der Waals surface area contributed by atoms with Gasteiger partial charge < -0.3 is 4.90 Å². The third-order valence-corrected chi connectivity index (χ3v) is 4.45. The Balaban J connectivity index is 1.77. The quantitative estimate of drug-likeness (QED) is 0.799. The zero-order valence-electron chi connectivity index (χ0n) is 13.8. The molecule has 2 heterocycles. The molecule has 0 unspecified atom stereocenters. The maximum atomic E-state index is 12.8. The monoisotopic (exact) mass is 299 g/mol. The van der Waals surface area contributed by atoms with Crippen molar-refractivity contribution in [1.82, 2.24) is 9.80 Å². The van der Waals surface area contributed by atoms with Crippen molar-refractivity contribution in [1.29, 1.82) is 0 Å². The number of likely N-dealkylation sites (tertiary alicyclic amines) is 1. The summed E-state index contributed by atoms with van der Waals surface area (Å²) in [7, 11) is 0. The van der Waals surface area contributed by atoms with E-state index in [1.54, 1.807) is 0 Å². The minimum Gasteiger partial charge on any atom is -0.342 e. The lowest BCUT2D eigenvalue weighted by Gasteiger charge is -2.26. The van der Waals surface area contributed by atoms with Gasteiger partial charge in [0.25, 0.3) is 5.91 Å². The number of benzene rings is 1. The summed E-state index contributed by atoms with van der Waals surface area (Å²) in [5.41, 5.74) is 2.11. The van der Waals surface area contributed by atoms with E-state index in [1.807, 2.05) is 17.0 Å². The van der Waals surface area contributed by atoms with E-state index < -0.39 is 0 Å². The second kappa shape index (κ2) is 5.75. The Hall–Kier alpha value is -1.84. The number of amides is 1. The van der Waals surface area contributed by atoms with Crippen LogP contribution in [0.2, 0.25) is 0 Å². The molecule has 3 rings (SSSR count). The first kappa shape index (κ1) is 15.1. The smallest absolute Gasteiger partial charge is 0.260 e. The summed E-state index contributed by atoms with van der Waals surface area (Å²) in [5.74, 6) is 0.950. The average molecular weight is 299 g/mol. The van der Waals surface area contributed by atoms with Gasteiger partial charge in [-0.1, -0.05) is 32.9 Å². The fraction of sp³-hybridized carbons (Fsp3) is 0.556. The molecule has 0 saturated carbocycles. The molecule has 1 saturated heterocycles. The van der Waals surface area contributed by atoms with Gasteiger partial charge in [0.15, 0.2) is 0 Å². The third kappa shape index (κ3) is 2.87. The molecule has 1 amide bonds. The van der Waals surface area contributed by atoms with E-state index in [0.29, 0.717) is 6.54 Å². The number of carbonyl (C=O) groups is 1. The summed E-state index contributed by atoms with van der Waals surface area (Å²) in [4.78, 5) is 21.4. The Bertz CT molecular complexity index is 577. The summed E-state index contributed by atoms with van der Waals surface area (Å²) < 4.78 is 0. The first-order chi connectivity index (χ1) is 10.5. The zero-order chi connectivity index (χ0) is 15.7. The number of hydrogen-bond donors (Lipinski definition) is 0. The fourth-order valence-corrected chi connectivity index (χ4v) is 3.08. The predicted octanol–water partition coefficient (Wildman–Crippen LogP) is 2.89. The highest BCUT2D eigenvalue weighted by Crippen LogP contribution is 2.23. The fourth-order valence-electron chi connectivity index (χ4n) is 3.08. The van der Waals surface area contributed by atoms with Crippen molar-refractivity contribution in [3.8, 4) is 0 Å². The third-order valence-electron chi connectivity index (χ3n) is 4.45. The molecule has 1 aromatic rings. The molecule has 0 bridgehead atoms. The topological polar surface area (TPSA) is 35.9 Å². The van der Waals surface area contributed by atoms with Gasteiger partial charge in [0.2, 0.25) is 5.96 Å². The highest BCUT2D eigenvalue weighted by molar-refractivity contribution is 6.06. The molecule has 118 valence electrons. The first-order valence-corrected chi connectivity index (χ1v) is 8.18. The molecular formula is C18H25N3O. The van der Waals surface area contributed by atoms with Gasteiger partial charge in [-0.25, -0.2) is 0 Å². The summed E-state index contributed by atoms with van der Waals surface area (Å²) in [6.07, 6.45) is 2.39. The Labute approximate surface area is 132 Å². The molecule has 0 spiro atoms. The molecule has 2 aliphatic rings. The van der Waals surface area contributed by atoms with Crippen molar-refractivity contribution in [3.05, 3.63) is 35.4 Å². The van der Waals surface area contributed by atoms with Gasteiger partial charge in [-0.3, -0.25) is 14.7 Å². The number of hydrogen-bond acceptors (Lipinski definition) is 3. The van der Waals surface area contributed by atoms with Gasteiger partial charge >= 0.3 is 0 Å². The largest absolute Gasteiger partial charge is 0.342 e. The molecular weight excluding hydrogens is 274 g/mol. The lowest BCUT2D eigenvalue weighted by atomic mass is 9.86. The van der Waals surface area contributed by atoms with Crippen LogP contribution >= 0.6 is 0 Å². The van der Waals surface area contributed by atoms with Gasteiger partial charge in [0.1, 0.15) is 0 Å². The van der Waals surface area contributed by atoms with Crippen molar-refractivity contribution in [2.45, 2.75) is 39.0 Å². The highest BCUT2D eigenvalue weighted by atomic mass is 16.2. The molecule has 4 heteroatoms. The van der Waals surface area contributed by atoms with Gasteiger partial charge in [0, 0.05) is 25.2 Å². The van der Waals surface area contributed by atoms with Crippen LogP contribution in [0.25, 0.3) is 0 Å². The van der Waals surface area contributed by atoms with Gasteiger partial charge in [0.05, 0.1) is 6.54 Å². The van der Waals surface area contributed by atoms with Crippen LogP contribution in [0.5, 0.6) is 0 Å². The lowest BCUT2D eigenvalue weighted by Crippen LogP contribution is -2.43. The lowest BCUT2D eigenvalue weighted by molar-refractivity contribution is 0.0845. The number of guanidine groups is 1. The van der Waals surface area contributed by atoms with Gasteiger partial charge in [-0.05, 0) is 36.0 Å². The summed E-state index contributed by atoms with van der Waals surface area (Å²) in [5, 5.41) is 0. The molecule has 0 aliphatic carbocycles. The Kier molecular flexibility index (Phi) is 3.94. The van der Waals surface area contributed by atoms with E-state index in [-0.39, 0.29) is 11.3 Å². The molecule has 0 radical (unpaired) electrons. The van der Waals surface area contributed by atoms with E-state index in [9.17, 15) is 4.79 Å². The van der Waals surface area contributed by atoms with Crippen LogP contribution in [0.3, 0.4) is 0 Å². The SMILES string of the molecule is CC(C)(C)c1ccc(C(=O)N2CCN=C2N2CCCC2)cc1. The molecule has 0 atom stereocenters. The Morgan fingerprint density at radius 3 is 2.27 bits per heavy atom. The Morgan fingerprint density at radius 2 is 1.68 bits per heavy atom. The standard InChI is InChI=1S/C18H25N3O/c1-18(2,3)15-8-6-14(7-9-15)16(22)21-13-10-19-17(21)20-11-4-5-12-20/h6-9H,4-5,10-13H2,1-3H3. The number of aliphatic imine (C=N–C) groups is 1.